The van der Waals surface area contributed by atoms with Gasteiger partial charge in [0.05, 0.1) is 25.8 Å². The number of anilines is 1. The van der Waals surface area contributed by atoms with Gasteiger partial charge < -0.3 is 19.2 Å². The SMILES string of the molecule is CCOC(=O)c1ccc(NC(=O)Cn2c(=O)n(Cc3ccc(OC)cc3)c(=O)c3oc4ccccc4c32)cc1. The zero-order chi connectivity index (χ0) is 27.5. The summed E-state index contributed by atoms with van der Waals surface area (Å²) in [4.78, 5) is 52.1. The normalized spacial score (nSPS) is 11.0. The van der Waals surface area contributed by atoms with E-state index >= 15 is 0 Å². The Morgan fingerprint density at radius 1 is 0.923 bits per heavy atom. The molecule has 1 N–H and O–H groups in total. The summed E-state index contributed by atoms with van der Waals surface area (Å²) in [6.45, 7) is 1.57. The van der Waals surface area contributed by atoms with Crippen LogP contribution in [0.15, 0.2) is 86.8 Å². The molecule has 0 fully saturated rings. The maximum Gasteiger partial charge on any atom is 0.338 e. The van der Waals surface area contributed by atoms with Crippen molar-refractivity contribution in [3.8, 4) is 5.75 Å². The van der Waals surface area contributed by atoms with Crippen molar-refractivity contribution in [3.63, 3.8) is 0 Å². The number of esters is 1. The van der Waals surface area contributed by atoms with E-state index in [0.29, 0.717) is 33.5 Å². The van der Waals surface area contributed by atoms with Gasteiger partial charge in [-0.1, -0.05) is 24.3 Å². The van der Waals surface area contributed by atoms with Gasteiger partial charge in [-0.25, -0.2) is 9.59 Å². The second kappa shape index (κ2) is 10.7. The van der Waals surface area contributed by atoms with E-state index in [1.807, 2.05) is 0 Å². The van der Waals surface area contributed by atoms with Crippen LogP contribution in [-0.4, -0.2) is 34.7 Å². The number of carbonyl (C=O) groups excluding carboxylic acids is 2. The average Bonchev–Trinajstić information content (AvgIpc) is 3.34. The summed E-state index contributed by atoms with van der Waals surface area (Å²) in [7, 11) is 1.55. The maximum absolute atomic E-state index is 13.7. The second-order valence-corrected chi connectivity index (χ2v) is 8.73. The lowest BCUT2D eigenvalue weighted by atomic mass is 10.2. The number of hydrogen-bond acceptors (Lipinski definition) is 7. The van der Waals surface area contributed by atoms with Gasteiger partial charge in [-0.2, -0.15) is 0 Å². The van der Waals surface area contributed by atoms with Gasteiger partial charge >= 0.3 is 11.7 Å². The molecule has 39 heavy (non-hydrogen) atoms. The Balaban J connectivity index is 1.52. The van der Waals surface area contributed by atoms with Gasteiger partial charge in [0.2, 0.25) is 11.5 Å². The zero-order valence-corrected chi connectivity index (χ0v) is 21.3. The molecule has 0 saturated carbocycles. The number of para-hydroxylation sites is 1. The summed E-state index contributed by atoms with van der Waals surface area (Å²) in [6, 6.07) is 20.1. The molecule has 5 rings (SSSR count). The van der Waals surface area contributed by atoms with Gasteiger partial charge in [-0.05, 0) is 61.0 Å². The lowest BCUT2D eigenvalue weighted by Gasteiger charge is -2.13. The van der Waals surface area contributed by atoms with Gasteiger partial charge in [0.1, 0.15) is 23.4 Å². The summed E-state index contributed by atoms with van der Waals surface area (Å²) in [5.41, 5.74) is 0.897. The average molecular weight is 528 g/mol. The molecule has 0 aliphatic rings. The molecule has 0 bridgehead atoms. The molecule has 3 aromatic carbocycles. The second-order valence-electron chi connectivity index (χ2n) is 8.73. The third-order valence-electron chi connectivity index (χ3n) is 6.22. The van der Waals surface area contributed by atoms with Crippen molar-refractivity contribution in [1.82, 2.24) is 9.13 Å². The van der Waals surface area contributed by atoms with Crippen molar-refractivity contribution in [3.05, 3.63) is 105 Å². The number of carbonyl (C=O) groups is 2. The Morgan fingerprint density at radius 2 is 1.64 bits per heavy atom. The fraction of sp³-hybridized carbons (Fsp3) is 0.172. The predicted molar refractivity (Wildman–Crippen MR) is 145 cm³/mol. The van der Waals surface area contributed by atoms with Gasteiger partial charge in [0.25, 0.3) is 5.56 Å². The van der Waals surface area contributed by atoms with E-state index in [-0.39, 0.29) is 30.8 Å². The Morgan fingerprint density at radius 3 is 2.33 bits per heavy atom. The number of benzene rings is 3. The molecule has 10 nitrogen and oxygen atoms in total. The molecule has 0 aliphatic carbocycles. The van der Waals surface area contributed by atoms with Crippen LogP contribution in [-0.2, 0) is 22.6 Å². The third kappa shape index (κ3) is 5.04. The minimum absolute atomic E-state index is 0.0177. The molecule has 0 spiro atoms. The topological polar surface area (TPSA) is 122 Å². The fourth-order valence-electron chi connectivity index (χ4n) is 4.34. The smallest absolute Gasteiger partial charge is 0.338 e. The van der Waals surface area contributed by atoms with Crippen LogP contribution in [0.25, 0.3) is 22.1 Å². The van der Waals surface area contributed by atoms with Crippen LogP contribution in [0.3, 0.4) is 0 Å². The standard InChI is InChI=1S/C29H25N3O7/c1-3-38-28(35)19-10-12-20(13-11-19)30-24(33)17-31-25-22-6-4-5-7-23(22)39-26(25)27(34)32(29(31)36)16-18-8-14-21(37-2)15-9-18/h4-15H,3,16-17H2,1-2H3,(H,30,33). The Bertz CT molecular complexity index is 1800. The van der Waals surface area contributed by atoms with E-state index in [1.165, 1.54) is 16.7 Å². The molecule has 198 valence electrons. The fourth-order valence-corrected chi connectivity index (χ4v) is 4.34. The van der Waals surface area contributed by atoms with Crippen molar-refractivity contribution in [2.24, 2.45) is 0 Å². The number of amides is 1. The van der Waals surface area contributed by atoms with Crippen LogP contribution in [0.2, 0.25) is 0 Å². The first-order valence-electron chi connectivity index (χ1n) is 12.2. The van der Waals surface area contributed by atoms with E-state index in [9.17, 15) is 19.2 Å². The minimum atomic E-state index is -0.650. The van der Waals surface area contributed by atoms with E-state index in [4.69, 9.17) is 13.9 Å². The third-order valence-corrected chi connectivity index (χ3v) is 6.22. The molecule has 0 unspecified atom stereocenters. The zero-order valence-electron chi connectivity index (χ0n) is 21.3. The largest absolute Gasteiger partial charge is 0.497 e. The predicted octanol–water partition coefficient (Wildman–Crippen LogP) is 3.78. The number of nitrogens with one attached hydrogen (secondary N) is 1. The number of aromatic nitrogens is 2. The summed E-state index contributed by atoms with van der Waals surface area (Å²) >= 11 is 0. The maximum atomic E-state index is 13.7. The Hall–Kier alpha value is -5.12. The highest BCUT2D eigenvalue weighted by Gasteiger charge is 2.21. The molecule has 0 radical (unpaired) electrons. The van der Waals surface area contributed by atoms with Crippen LogP contribution in [0.5, 0.6) is 5.75 Å². The summed E-state index contributed by atoms with van der Waals surface area (Å²) in [6.07, 6.45) is 0. The highest BCUT2D eigenvalue weighted by Crippen LogP contribution is 2.25. The van der Waals surface area contributed by atoms with Gasteiger partial charge in [0.15, 0.2) is 0 Å². The highest BCUT2D eigenvalue weighted by molar-refractivity contribution is 6.03. The van der Waals surface area contributed by atoms with E-state index < -0.39 is 23.1 Å². The number of hydrogen-bond donors (Lipinski definition) is 1. The lowest BCUT2D eigenvalue weighted by Crippen LogP contribution is -2.41. The van der Waals surface area contributed by atoms with Crippen LogP contribution in [0.1, 0.15) is 22.8 Å². The Kier molecular flexibility index (Phi) is 7.00. The van der Waals surface area contributed by atoms with E-state index in [1.54, 1.807) is 74.7 Å². The van der Waals surface area contributed by atoms with Gasteiger partial charge in [0, 0.05) is 11.1 Å². The quantitative estimate of drug-likeness (QED) is 0.305. The van der Waals surface area contributed by atoms with Crippen LogP contribution >= 0.6 is 0 Å². The highest BCUT2D eigenvalue weighted by atomic mass is 16.5. The monoisotopic (exact) mass is 527 g/mol. The first-order valence-corrected chi connectivity index (χ1v) is 12.2. The number of methoxy groups -OCH3 is 1. The number of ether oxygens (including phenoxy) is 2. The molecule has 10 heteroatoms. The van der Waals surface area contributed by atoms with Crippen LogP contribution in [0, 0.1) is 0 Å². The number of fused-ring (bicyclic) bond motifs is 3. The molecular weight excluding hydrogens is 502 g/mol. The molecule has 5 aromatic rings. The van der Waals surface area contributed by atoms with Crippen molar-refractivity contribution in [2.75, 3.05) is 19.0 Å². The van der Waals surface area contributed by atoms with E-state index in [2.05, 4.69) is 5.32 Å². The van der Waals surface area contributed by atoms with Crippen LogP contribution in [0.4, 0.5) is 5.69 Å². The molecule has 0 saturated heterocycles. The number of furan rings is 1. The summed E-state index contributed by atoms with van der Waals surface area (Å²) < 4.78 is 18.3. The molecule has 0 aliphatic heterocycles. The van der Waals surface area contributed by atoms with Crippen molar-refractivity contribution >= 4 is 39.6 Å². The van der Waals surface area contributed by atoms with Gasteiger partial charge in [-0.3, -0.25) is 18.7 Å². The van der Waals surface area contributed by atoms with E-state index in [0.717, 1.165) is 4.57 Å². The Labute approximate surface area is 222 Å². The van der Waals surface area contributed by atoms with Crippen molar-refractivity contribution in [1.29, 1.82) is 0 Å². The number of nitrogens with zero attached hydrogens (tertiary/aromatic N) is 2. The molecule has 2 aromatic heterocycles. The summed E-state index contributed by atoms with van der Waals surface area (Å²) in [5.74, 6) is -0.319. The van der Waals surface area contributed by atoms with Gasteiger partial charge in [-0.15, -0.1) is 0 Å². The van der Waals surface area contributed by atoms with Crippen LogP contribution < -0.4 is 21.3 Å². The molecular formula is C29H25N3O7. The molecule has 1 amide bonds. The van der Waals surface area contributed by atoms with Crippen molar-refractivity contribution in [2.45, 2.75) is 20.0 Å². The molecule has 0 atom stereocenters. The number of rotatable bonds is 8. The minimum Gasteiger partial charge on any atom is -0.497 e. The first kappa shape index (κ1) is 25.5. The summed E-state index contributed by atoms with van der Waals surface area (Å²) in [5, 5.41) is 3.28. The van der Waals surface area contributed by atoms with Crippen molar-refractivity contribution < 1.29 is 23.5 Å². The lowest BCUT2D eigenvalue weighted by molar-refractivity contribution is -0.116. The molecule has 2 heterocycles. The first-order chi connectivity index (χ1) is 18.9.